The standard InChI is InChI=1S/C23H27N3/c1-16-9-10-22-18(14-16)19-15-24(2)13-11-23(19)26(22)21-7-4-6-17(21)20-8-5-12-25(20)3/h5,8-10,12,14H,4,6-7,11,13,15H2,1-3H3. The molecule has 0 fully saturated rings. The molecule has 0 radical (unpaired) electrons. The van der Waals surface area contributed by atoms with Crippen molar-refractivity contribution in [1.29, 1.82) is 0 Å². The van der Waals surface area contributed by atoms with Crippen LogP contribution in [0.1, 0.15) is 41.8 Å². The van der Waals surface area contributed by atoms with Gasteiger partial charge in [0.25, 0.3) is 0 Å². The van der Waals surface area contributed by atoms with Crippen molar-refractivity contribution in [1.82, 2.24) is 14.0 Å². The van der Waals surface area contributed by atoms with Gasteiger partial charge in [0.15, 0.2) is 0 Å². The van der Waals surface area contributed by atoms with E-state index in [1.165, 1.54) is 52.7 Å². The van der Waals surface area contributed by atoms with E-state index in [2.05, 4.69) is 71.6 Å². The Morgan fingerprint density at radius 3 is 2.69 bits per heavy atom. The van der Waals surface area contributed by atoms with Crippen LogP contribution in [0.25, 0.3) is 22.2 Å². The van der Waals surface area contributed by atoms with Crippen molar-refractivity contribution in [3.8, 4) is 0 Å². The number of likely N-dealkylation sites (N-methyl/N-ethyl adjacent to an activating group) is 1. The lowest BCUT2D eigenvalue weighted by atomic mass is 10.0. The maximum absolute atomic E-state index is 2.63. The Hall–Kier alpha value is -2.26. The normalized spacial score (nSPS) is 18.1. The van der Waals surface area contributed by atoms with Crippen molar-refractivity contribution < 1.29 is 0 Å². The molecule has 0 saturated carbocycles. The first-order valence-electron chi connectivity index (χ1n) is 9.79. The molecule has 0 unspecified atom stereocenters. The molecule has 0 bridgehead atoms. The van der Waals surface area contributed by atoms with Crippen LogP contribution in [0.15, 0.2) is 36.5 Å². The average Bonchev–Trinajstić information content (AvgIpc) is 3.31. The van der Waals surface area contributed by atoms with Crippen molar-refractivity contribution in [2.45, 2.75) is 39.2 Å². The Morgan fingerprint density at radius 2 is 1.88 bits per heavy atom. The third-order valence-corrected chi connectivity index (χ3v) is 6.21. The zero-order valence-electron chi connectivity index (χ0n) is 16.0. The highest BCUT2D eigenvalue weighted by Crippen LogP contribution is 2.42. The Morgan fingerprint density at radius 1 is 1.00 bits per heavy atom. The molecule has 3 heteroatoms. The van der Waals surface area contributed by atoms with Gasteiger partial charge in [0.05, 0.1) is 5.52 Å². The summed E-state index contributed by atoms with van der Waals surface area (Å²) >= 11 is 0. The molecular formula is C23H27N3. The van der Waals surface area contributed by atoms with Crippen LogP contribution in [0.2, 0.25) is 0 Å². The van der Waals surface area contributed by atoms with Crippen molar-refractivity contribution >= 4 is 22.2 Å². The molecule has 3 aromatic rings. The second-order valence-electron chi connectivity index (χ2n) is 8.05. The molecule has 5 rings (SSSR count). The van der Waals surface area contributed by atoms with E-state index in [4.69, 9.17) is 0 Å². The van der Waals surface area contributed by atoms with E-state index in [1.807, 2.05) is 0 Å². The quantitative estimate of drug-likeness (QED) is 0.648. The highest BCUT2D eigenvalue weighted by atomic mass is 15.1. The minimum atomic E-state index is 1.06. The van der Waals surface area contributed by atoms with Crippen molar-refractivity contribution in [3.63, 3.8) is 0 Å². The van der Waals surface area contributed by atoms with E-state index in [0.29, 0.717) is 0 Å². The maximum atomic E-state index is 2.63. The fourth-order valence-electron chi connectivity index (χ4n) is 4.94. The van der Waals surface area contributed by atoms with Gasteiger partial charge < -0.3 is 14.0 Å². The van der Waals surface area contributed by atoms with Crippen LogP contribution in [0.5, 0.6) is 0 Å². The van der Waals surface area contributed by atoms with Crippen molar-refractivity contribution in [3.05, 3.63) is 59.0 Å². The van der Waals surface area contributed by atoms with E-state index >= 15 is 0 Å². The Kier molecular flexibility index (Phi) is 3.61. The monoisotopic (exact) mass is 345 g/mol. The molecule has 134 valence electrons. The number of aromatic nitrogens is 2. The molecule has 2 aromatic heterocycles. The predicted molar refractivity (Wildman–Crippen MR) is 109 cm³/mol. The number of hydrogen-bond acceptors (Lipinski definition) is 1. The smallest absolute Gasteiger partial charge is 0.0531 e. The summed E-state index contributed by atoms with van der Waals surface area (Å²) in [6.07, 6.45) is 6.94. The maximum Gasteiger partial charge on any atom is 0.0531 e. The fraction of sp³-hybridized carbons (Fsp3) is 0.391. The number of rotatable bonds is 2. The van der Waals surface area contributed by atoms with E-state index in [1.54, 1.807) is 11.3 Å². The van der Waals surface area contributed by atoms with E-state index in [9.17, 15) is 0 Å². The minimum absolute atomic E-state index is 1.06. The van der Waals surface area contributed by atoms with Gasteiger partial charge in [0.1, 0.15) is 0 Å². The predicted octanol–water partition coefficient (Wildman–Crippen LogP) is 4.83. The molecule has 2 aliphatic rings. The van der Waals surface area contributed by atoms with E-state index in [-0.39, 0.29) is 0 Å². The third-order valence-electron chi connectivity index (χ3n) is 6.21. The van der Waals surface area contributed by atoms with Gasteiger partial charge in [-0.05, 0) is 68.6 Å². The van der Waals surface area contributed by atoms with Crippen LogP contribution < -0.4 is 0 Å². The molecule has 0 atom stereocenters. The largest absolute Gasteiger partial charge is 0.351 e. The number of aryl methyl sites for hydroxylation is 2. The molecule has 0 saturated heterocycles. The Balaban J connectivity index is 1.81. The zero-order valence-corrected chi connectivity index (χ0v) is 16.0. The summed E-state index contributed by atoms with van der Waals surface area (Å²) < 4.78 is 4.91. The summed E-state index contributed by atoms with van der Waals surface area (Å²) in [7, 11) is 4.41. The lowest BCUT2D eigenvalue weighted by Crippen LogP contribution is -2.27. The summed E-state index contributed by atoms with van der Waals surface area (Å²) in [4.78, 5) is 2.45. The molecule has 0 spiro atoms. The fourth-order valence-corrected chi connectivity index (χ4v) is 4.94. The molecule has 0 amide bonds. The van der Waals surface area contributed by atoms with Crippen LogP contribution in [-0.4, -0.2) is 27.6 Å². The van der Waals surface area contributed by atoms with Gasteiger partial charge in [-0.1, -0.05) is 11.6 Å². The number of allylic oxidation sites excluding steroid dienone is 2. The molecule has 3 heterocycles. The summed E-state index contributed by atoms with van der Waals surface area (Å²) in [5.74, 6) is 0. The van der Waals surface area contributed by atoms with Crippen LogP contribution in [0.4, 0.5) is 0 Å². The van der Waals surface area contributed by atoms with Gasteiger partial charge in [0, 0.05) is 55.2 Å². The van der Waals surface area contributed by atoms with Crippen LogP contribution in [0, 0.1) is 6.92 Å². The minimum Gasteiger partial charge on any atom is -0.351 e. The lowest BCUT2D eigenvalue weighted by Gasteiger charge is -2.25. The summed E-state index contributed by atoms with van der Waals surface area (Å²) in [5.41, 5.74) is 10.3. The first-order chi connectivity index (χ1) is 12.6. The number of hydrogen-bond donors (Lipinski definition) is 0. The SMILES string of the molecule is Cc1ccc2c(c1)c1c(n2C2=C(c3cccn3C)CCC2)CCN(C)C1. The molecule has 1 aliphatic carbocycles. The van der Waals surface area contributed by atoms with Crippen LogP contribution in [-0.2, 0) is 20.0 Å². The van der Waals surface area contributed by atoms with Crippen LogP contribution >= 0.6 is 0 Å². The molecule has 3 nitrogen and oxygen atoms in total. The summed E-state index contributed by atoms with van der Waals surface area (Å²) in [6, 6.07) is 11.4. The van der Waals surface area contributed by atoms with Gasteiger partial charge in [-0.2, -0.15) is 0 Å². The second kappa shape index (κ2) is 5.88. The lowest BCUT2D eigenvalue weighted by molar-refractivity contribution is 0.311. The first-order valence-corrected chi connectivity index (χ1v) is 9.79. The number of benzene rings is 1. The second-order valence-corrected chi connectivity index (χ2v) is 8.05. The highest BCUT2D eigenvalue weighted by Gasteiger charge is 2.27. The molecular weight excluding hydrogens is 318 g/mol. The van der Waals surface area contributed by atoms with Gasteiger partial charge in [-0.3, -0.25) is 0 Å². The van der Waals surface area contributed by atoms with Gasteiger partial charge in [-0.15, -0.1) is 0 Å². The third kappa shape index (κ3) is 2.30. The molecule has 26 heavy (non-hydrogen) atoms. The summed E-state index contributed by atoms with van der Waals surface area (Å²) in [6.45, 7) is 4.42. The van der Waals surface area contributed by atoms with E-state index in [0.717, 1.165) is 19.5 Å². The number of fused-ring (bicyclic) bond motifs is 3. The summed E-state index contributed by atoms with van der Waals surface area (Å²) in [5, 5.41) is 1.46. The molecule has 1 aliphatic heterocycles. The zero-order chi connectivity index (χ0) is 17.8. The Labute approximate surface area is 155 Å². The molecule has 0 N–H and O–H groups in total. The average molecular weight is 345 g/mol. The number of nitrogens with zero attached hydrogens (tertiary/aromatic N) is 3. The Bertz CT molecular complexity index is 1030. The van der Waals surface area contributed by atoms with Crippen molar-refractivity contribution in [2.75, 3.05) is 13.6 Å². The van der Waals surface area contributed by atoms with Crippen LogP contribution in [0.3, 0.4) is 0 Å². The molecule has 1 aromatic carbocycles. The van der Waals surface area contributed by atoms with Gasteiger partial charge in [-0.25, -0.2) is 0 Å². The van der Waals surface area contributed by atoms with E-state index < -0.39 is 0 Å². The highest BCUT2D eigenvalue weighted by molar-refractivity contribution is 5.94. The van der Waals surface area contributed by atoms with Gasteiger partial charge in [0.2, 0.25) is 0 Å². The van der Waals surface area contributed by atoms with Crippen molar-refractivity contribution in [2.24, 2.45) is 7.05 Å². The van der Waals surface area contributed by atoms with Gasteiger partial charge >= 0.3 is 0 Å². The topological polar surface area (TPSA) is 13.1 Å². The first kappa shape index (κ1) is 16.0.